The number of aliphatic hydroxyl groups excluding tert-OH is 1. The topological polar surface area (TPSA) is 97.5 Å². The van der Waals surface area contributed by atoms with Crippen LogP contribution in [0.2, 0.25) is 0 Å². The molecule has 3 N–H and O–H groups in total. The molecule has 0 aliphatic heterocycles. The molecule has 1 aromatic rings. The first-order valence-electron chi connectivity index (χ1n) is 4.35. The highest BCUT2D eigenvalue weighted by molar-refractivity contribution is 7.89. The maximum atomic E-state index is 10.9. The molecule has 0 saturated carbocycles. The molecule has 86 valence electrons. The van der Waals surface area contributed by atoms with E-state index in [2.05, 4.69) is 0 Å². The third-order valence-corrected chi connectivity index (χ3v) is 2.75. The predicted molar refractivity (Wildman–Crippen MR) is 59.1 cm³/mol. The lowest BCUT2D eigenvalue weighted by molar-refractivity contribution is -0.112. The van der Waals surface area contributed by atoms with Crippen LogP contribution in [0.5, 0.6) is 0 Å². The van der Waals surface area contributed by atoms with Gasteiger partial charge < -0.3 is 5.11 Å². The summed E-state index contributed by atoms with van der Waals surface area (Å²) in [5, 5.41) is 14.3. The van der Waals surface area contributed by atoms with Gasteiger partial charge in [0.15, 0.2) is 5.78 Å². The van der Waals surface area contributed by atoms with Crippen LogP contribution in [-0.4, -0.2) is 19.3 Å². The molecule has 0 bridgehead atoms. The molecule has 5 nitrogen and oxygen atoms in total. The van der Waals surface area contributed by atoms with Gasteiger partial charge >= 0.3 is 0 Å². The average molecular weight is 241 g/mol. The Morgan fingerprint density at radius 1 is 1.31 bits per heavy atom. The fourth-order valence-electron chi connectivity index (χ4n) is 1.09. The maximum absolute atomic E-state index is 10.9. The van der Waals surface area contributed by atoms with Gasteiger partial charge in [0.1, 0.15) is 5.76 Å². The van der Waals surface area contributed by atoms with Crippen molar-refractivity contribution in [1.29, 1.82) is 0 Å². The highest BCUT2D eigenvalue weighted by atomic mass is 32.2. The van der Waals surface area contributed by atoms with Crippen molar-refractivity contribution in [2.24, 2.45) is 5.14 Å². The molecule has 0 aliphatic rings. The molecule has 0 unspecified atom stereocenters. The number of primary sulfonamides is 1. The average Bonchev–Trinajstić information content (AvgIpc) is 2.15. The lowest BCUT2D eigenvalue weighted by Gasteiger charge is -2.01. The first kappa shape index (κ1) is 12.4. The molecule has 1 aromatic carbocycles. The van der Waals surface area contributed by atoms with Crippen LogP contribution in [0.3, 0.4) is 0 Å². The molecular weight excluding hydrogens is 230 g/mol. The first-order chi connectivity index (χ1) is 7.30. The van der Waals surface area contributed by atoms with Crippen LogP contribution in [0, 0.1) is 0 Å². The molecule has 0 amide bonds. The van der Waals surface area contributed by atoms with Crippen molar-refractivity contribution in [1.82, 2.24) is 0 Å². The van der Waals surface area contributed by atoms with E-state index in [-0.39, 0.29) is 16.4 Å². The monoisotopic (exact) mass is 241 g/mol. The van der Waals surface area contributed by atoms with Gasteiger partial charge in [-0.15, -0.1) is 0 Å². The third kappa shape index (κ3) is 3.18. The van der Waals surface area contributed by atoms with Gasteiger partial charge in [-0.1, -0.05) is 0 Å². The zero-order valence-corrected chi connectivity index (χ0v) is 9.36. The van der Waals surface area contributed by atoms with E-state index in [1.54, 1.807) is 0 Å². The fourth-order valence-corrected chi connectivity index (χ4v) is 1.61. The zero-order chi connectivity index (χ0) is 12.3. The van der Waals surface area contributed by atoms with E-state index in [0.29, 0.717) is 5.56 Å². The van der Waals surface area contributed by atoms with E-state index in [9.17, 15) is 18.3 Å². The van der Waals surface area contributed by atoms with Gasteiger partial charge in [0.05, 0.1) is 4.90 Å². The number of benzene rings is 1. The molecule has 0 aliphatic carbocycles. The molecule has 0 radical (unpaired) electrons. The number of carbonyl (C=O) groups is 1. The number of ketones is 1. The van der Waals surface area contributed by atoms with Crippen LogP contribution in [0.1, 0.15) is 12.5 Å². The molecular formula is C10H11NO4S. The second kappa shape index (κ2) is 4.46. The van der Waals surface area contributed by atoms with Crippen molar-refractivity contribution >= 4 is 21.6 Å². The van der Waals surface area contributed by atoms with E-state index >= 15 is 0 Å². The Kier molecular flexibility index (Phi) is 3.46. The molecule has 0 fully saturated rings. The minimum Gasteiger partial charge on any atom is -0.507 e. The first-order valence-corrected chi connectivity index (χ1v) is 5.90. The summed E-state index contributed by atoms with van der Waals surface area (Å²) in [6, 6.07) is 5.26. The molecule has 16 heavy (non-hydrogen) atoms. The van der Waals surface area contributed by atoms with Crippen LogP contribution < -0.4 is 5.14 Å². The minimum atomic E-state index is -3.74. The second-order valence-corrected chi connectivity index (χ2v) is 4.77. The van der Waals surface area contributed by atoms with Crippen molar-refractivity contribution in [3.63, 3.8) is 0 Å². The van der Waals surface area contributed by atoms with Gasteiger partial charge in [0.2, 0.25) is 10.0 Å². The summed E-state index contributed by atoms with van der Waals surface area (Å²) in [4.78, 5) is 10.7. The minimum absolute atomic E-state index is 0.0492. The summed E-state index contributed by atoms with van der Waals surface area (Å²) < 4.78 is 21.9. The van der Waals surface area contributed by atoms with Gasteiger partial charge in [0, 0.05) is 11.6 Å². The lowest BCUT2D eigenvalue weighted by Crippen LogP contribution is -2.11. The second-order valence-electron chi connectivity index (χ2n) is 3.21. The van der Waals surface area contributed by atoms with Crippen molar-refractivity contribution < 1.29 is 18.3 Å². The van der Waals surface area contributed by atoms with E-state index < -0.39 is 10.0 Å². The van der Waals surface area contributed by atoms with E-state index in [4.69, 9.17) is 5.14 Å². The Morgan fingerprint density at radius 3 is 2.19 bits per heavy atom. The van der Waals surface area contributed by atoms with Crippen molar-refractivity contribution in [3.05, 3.63) is 35.9 Å². The SMILES string of the molecule is CC(=O)C=C(O)c1ccc(S(N)(=O)=O)cc1. The molecule has 0 atom stereocenters. The van der Waals surface area contributed by atoms with Crippen LogP contribution in [0.15, 0.2) is 35.2 Å². The van der Waals surface area contributed by atoms with Gasteiger partial charge in [-0.3, -0.25) is 4.79 Å². The Labute approximate surface area is 93.3 Å². The molecule has 6 heteroatoms. The Hall–Kier alpha value is -1.66. The number of hydrogen-bond acceptors (Lipinski definition) is 4. The zero-order valence-electron chi connectivity index (χ0n) is 8.54. The number of rotatable bonds is 3. The number of aliphatic hydroxyl groups is 1. The van der Waals surface area contributed by atoms with Crippen molar-refractivity contribution in [2.75, 3.05) is 0 Å². The number of nitrogens with two attached hydrogens (primary N) is 1. The molecule has 0 spiro atoms. The summed E-state index contributed by atoms with van der Waals surface area (Å²) in [6.07, 6.45) is 1.05. The summed E-state index contributed by atoms with van der Waals surface area (Å²) in [6.45, 7) is 1.30. The number of allylic oxidation sites excluding steroid dienone is 1. The normalized spacial score (nSPS) is 12.5. The van der Waals surface area contributed by atoms with Crippen LogP contribution in [0.4, 0.5) is 0 Å². The summed E-state index contributed by atoms with van der Waals surface area (Å²) >= 11 is 0. The number of hydrogen-bond donors (Lipinski definition) is 2. The summed E-state index contributed by atoms with van der Waals surface area (Å²) in [5.41, 5.74) is 0.350. The number of sulfonamides is 1. The van der Waals surface area contributed by atoms with Crippen molar-refractivity contribution in [2.45, 2.75) is 11.8 Å². The van der Waals surface area contributed by atoms with Crippen molar-refractivity contribution in [3.8, 4) is 0 Å². The molecule has 0 saturated heterocycles. The highest BCUT2D eigenvalue weighted by Crippen LogP contribution is 2.14. The van der Waals surface area contributed by atoms with Crippen LogP contribution >= 0.6 is 0 Å². The largest absolute Gasteiger partial charge is 0.507 e. The highest BCUT2D eigenvalue weighted by Gasteiger charge is 2.08. The van der Waals surface area contributed by atoms with Crippen LogP contribution in [-0.2, 0) is 14.8 Å². The molecule has 0 aromatic heterocycles. The Balaban J connectivity index is 3.10. The van der Waals surface area contributed by atoms with Crippen LogP contribution in [0.25, 0.3) is 5.76 Å². The lowest BCUT2D eigenvalue weighted by atomic mass is 10.1. The quantitative estimate of drug-likeness (QED) is 0.604. The van der Waals surface area contributed by atoms with Gasteiger partial charge in [-0.05, 0) is 31.2 Å². The third-order valence-electron chi connectivity index (χ3n) is 1.82. The van der Waals surface area contributed by atoms with Gasteiger partial charge in [0.25, 0.3) is 0 Å². The van der Waals surface area contributed by atoms with Gasteiger partial charge in [-0.25, -0.2) is 13.6 Å². The maximum Gasteiger partial charge on any atom is 0.238 e. The summed E-state index contributed by atoms with van der Waals surface area (Å²) in [7, 11) is -3.74. The predicted octanol–water partition coefficient (Wildman–Crippen LogP) is 0.822. The standard InChI is InChI=1S/C10H11NO4S/c1-7(12)6-10(13)8-2-4-9(5-3-8)16(11,14)15/h2-6,13H,1H3,(H2,11,14,15). The van der Waals surface area contributed by atoms with E-state index in [1.807, 2.05) is 0 Å². The Bertz CT molecular complexity index is 528. The smallest absolute Gasteiger partial charge is 0.238 e. The van der Waals surface area contributed by atoms with Gasteiger partial charge in [-0.2, -0.15) is 0 Å². The van der Waals surface area contributed by atoms with E-state index in [0.717, 1.165) is 6.08 Å². The fraction of sp³-hybridized carbons (Fsp3) is 0.100. The number of carbonyl (C=O) groups excluding carboxylic acids is 1. The van der Waals surface area contributed by atoms with E-state index in [1.165, 1.54) is 31.2 Å². The Morgan fingerprint density at radius 2 is 1.81 bits per heavy atom. The molecule has 1 rings (SSSR count). The summed E-state index contributed by atoms with van der Waals surface area (Å²) in [5.74, 6) is -0.513. The molecule has 0 heterocycles.